The molecule has 4 rings (SSSR count). The van der Waals surface area contributed by atoms with Crippen molar-refractivity contribution in [2.45, 2.75) is 43.7 Å². The minimum absolute atomic E-state index is 0.0604. The fourth-order valence-electron chi connectivity index (χ4n) is 4.91. The predicted molar refractivity (Wildman–Crippen MR) is 150 cm³/mol. The van der Waals surface area contributed by atoms with Crippen molar-refractivity contribution < 1.29 is 19.1 Å². The number of nitrogens with two attached hydrogens (primary N) is 1. The first-order valence-electron chi connectivity index (χ1n) is 13.1. The van der Waals surface area contributed by atoms with E-state index in [-0.39, 0.29) is 17.6 Å². The van der Waals surface area contributed by atoms with Crippen LogP contribution in [0.2, 0.25) is 0 Å². The van der Waals surface area contributed by atoms with Gasteiger partial charge in [-0.3, -0.25) is 14.5 Å². The number of Topliss-reactive ketones (excluding diaryl/α,β-unsaturated/α-hetero) is 1. The molecule has 0 saturated heterocycles. The molecule has 8 nitrogen and oxygen atoms in total. The second kappa shape index (κ2) is 12.9. The Balaban J connectivity index is 1.36. The van der Waals surface area contributed by atoms with E-state index < -0.39 is 17.7 Å². The molecular formula is C31H34N4O4. The minimum atomic E-state index is -1.22. The van der Waals surface area contributed by atoms with Gasteiger partial charge in [-0.25, -0.2) is 9.79 Å². The van der Waals surface area contributed by atoms with Gasteiger partial charge in [-0.15, -0.1) is 0 Å². The van der Waals surface area contributed by atoms with E-state index >= 15 is 0 Å². The van der Waals surface area contributed by atoms with Crippen LogP contribution in [0.5, 0.6) is 0 Å². The predicted octanol–water partition coefficient (Wildman–Crippen LogP) is 4.18. The van der Waals surface area contributed by atoms with Gasteiger partial charge in [0.05, 0.1) is 13.2 Å². The molecule has 1 atom stereocenters. The van der Waals surface area contributed by atoms with E-state index in [1.165, 1.54) is 7.11 Å². The van der Waals surface area contributed by atoms with Crippen LogP contribution in [0.15, 0.2) is 96.0 Å². The molecule has 1 aliphatic rings. The van der Waals surface area contributed by atoms with Crippen molar-refractivity contribution in [1.29, 1.82) is 0 Å². The molecule has 8 heteroatoms. The van der Waals surface area contributed by atoms with Crippen LogP contribution >= 0.6 is 0 Å². The monoisotopic (exact) mass is 526 g/mol. The highest BCUT2D eigenvalue weighted by Gasteiger charge is 2.50. The number of rotatable bonds is 12. The lowest BCUT2D eigenvalue weighted by Gasteiger charge is -2.27. The van der Waals surface area contributed by atoms with Gasteiger partial charge < -0.3 is 15.8 Å². The van der Waals surface area contributed by atoms with Gasteiger partial charge in [0.15, 0.2) is 17.3 Å². The number of alkyl carbamates (subject to hydrolysis) is 1. The first kappa shape index (κ1) is 27.6. The van der Waals surface area contributed by atoms with Gasteiger partial charge in [-0.2, -0.15) is 0 Å². The molecule has 0 unspecified atom stereocenters. The molecule has 0 aliphatic carbocycles. The Hall–Kier alpha value is -4.46. The molecule has 0 saturated carbocycles. The van der Waals surface area contributed by atoms with Gasteiger partial charge in [-0.1, -0.05) is 97.4 Å². The maximum absolute atomic E-state index is 13.8. The third kappa shape index (κ3) is 6.34. The number of aliphatic imine (C=N–C) groups is 1. The zero-order valence-electron chi connectivity index (χ0n) is 22.1. The highest BCUT2D eigenvalue weighted by atomic mass is 16.5. The Morgan fingerprint density at radius 3 is 2.03 bits per heavy atom. The quantitative estimate of drug-likeness (QED) is 0.344. The topological polar surface area (TPSA) is 114 Å². The number of methoxy groups -OCH3 is 1. The van der Waals surface area contributed by atoms with Crippen LogP contribution < -0.4 is 11.1 Å². The Kier molecular flexibility index (Phi) is 9.10. The molecule has 0 spiro atoms. The molecule has 3 aromatic carbocycles. The van der Waals surface area contributed by atoms with Crippen molar-refractivity contribution in [2.24, 2.45) is 10.7 Å². The number of amides is 2. The van der Waals surface area contributed by atoms with Gasteiger partial charge in [-0.05, 0) is 36.0 Å². The van der Waals surface area contributed by atoms with Crippen LogP contribution in [-0.2, 0) is 26.3 Å². The maximum atomic E-state index is 13.8. The number of nitrogens with zero attached hydrogens (tertiary/aromatic N) is 2. The molecular weight excluding hydrogens is 492 g/mol. The first-order chi connectivity index (χ1) is 19.0. The van der Waals surface area contributed by atoms with E-state index in [0.717, 1.165) is 16.7 Å². The standard InChI is InChI=1S/C31H34N4O4/c1-39-30(38)33-26(22-23-14-6-2-7-15-23)27(36)20-12-5-13-21-35-28(37)31(34-29(35)32,24-16-8-3-9-17-24)25-18-10-4-11-19-25/h2-4,6-11,14-19,26H,5,12-13,20-22H2,1H3,(H2,32,34)(H,33,38)/t26-/m0/s1. The average Bonchev–Trinajstić information content (AvgIpc) is 3.23. The van der Waals surface area contributed by atoms with Crippen LogP contribution in [0.1, 0.15) is 42.4 Å². The first-order valence-corrected chi connectivity index (χ1v) is 13.1. The highest BCUT2D eigenvalue weighted by molar-refractivity contribution is 6.09. The summed E-state index contributed by atoms with van der Waals surface area (Å²) < 4.78 is 4.71. The number of guanidine groups is 1. The number of hydrogen-bond donors (Lipinski definition) is 2. The molecule has 202 valence electrons. The maximum Gasteiger partial charge on any atom is 0.407 e. The van der Waals surface area contributed by atoms with Crippen LogP contribution in [-0.4, -0.2) is 48.3 Å². The summed E-state index contributed by atoms with van der Waals surface area (Å²) in [6.45, 7) is 0.400. The van der Waals surface area contributed by atoms with Crippen LogP contribution in [0.3, 0.4) is 0 Å². The van der Waals surface area contributed by atoms with E-state index in [0.29, 0.717) is 38.6 Å². The van der Waals surface area contributed by atoms with Gasteiger partial charge >= 0.3 is 6.09 Å². The zero-order chi connectivity index (χ0) is 27.7. The number of carbonyl (C=O) groups excluding carboxylic acids is 3. The fraction of sp³-hybridized carbons (Fsp3) is 0.290. The number of ketones is 1. The van der Waals surface area contributed by atoms with Crippen molar-refractivity contribution in [3.05, 3.63) is 108 Å². The summed E-state index contributed by atoms with van der Waals surface area (Å²) in [6.07, 6.45) is 2.05. The van der Waals surface area contributed by atoms with E-state index in [1.807, 2.05) is 91.0 Å². The van der Waals surface area contributed by atoms with Gasteiger partial charge in [0, 0.05) is 13.0 Å². The third-order valence-electron chi connectivity index (χ3n) is 6.95. The van der Waals surface area contributed by atoms with Crippen LogP contribution in [0.25, 0.3) is 0 Å². The second-order valence-corrected chi connectivity index (χ2v) is 9.52. The lowest BCUT2D eigenvalue weighted by molar-refractivity contribution is -0.130. The summed E-state index contributed by atoms with van der Waals surface area (Å²) >= 11 is 0. The molecule has 0 fully saturated rings. The Bertz CT molecular complexity index is 1260. The molecule has 0 bridgehead atoms. The van der Waals surface area contributed by atoms with E-state index in [9.17, 15) is 14.4 Å². The molecule has 3 aromatic rings. The number of nitrogens with one attached hydrogen (secondary N) is 1. The Labute approximate surface area is 228 Å². The Morgan fingerprint density at radius 1 is 0.897 bits per heavy atom. The minimum Gasteiger partial charge on any atom is -0.453 e. The summed E-state index contributed by atoms with van der Waals surface area (Å²) in [5.74, 6) is -0.0533. The second-order valence-electron chi connectivity index (χ2n) is 9.52. The third-order valence-corrected chi connectivity index (χ3v) is 6.95. The van der Waals surface area contributed by atoms with Crippen molar-refractivity contribution in [1.82, 2.24) is 10.2 Å². The molecule has 0 radical (unpaired) electrons. The van der Waals surface area contributed by atoms with E-state index in [4.69, 9.17) is 15.5 Å². The highest BCUT2D eigenvalue weighted by Crippen LogP contribution is 2.39. The number of hydrogen-bond acceptors (Lipinski definition) is 6. The van der Waals surface area contributed by atoms with Crippen LogP contribution in [0, 0.1) is 0 Å². The lowest BCUT2D eigenvalue weighted by atomic mass is 9.83. The zero-order valence-corrected chi connectivity index (χ0v) is 22.1. The van der Waals surface area contributed by atoms with Crippen molar-refractivity contribution >= 4 is 23.7 Å². The van der Waals surface area contributed by atoms with Gasteiger partial charge in [0.2, 0.25) is 0 Å². The van der Waals surface area contributed by atoms with Crippen molar-refractivity contribution in [3.63, 3.8) is 0 Å². The summed E-state index contributed by atoms with van der Waals surface area (Å²) in [5, 5.41) is 2.66. The normalized spacial score (nSPS) is 14.9. The SMILES string of the molecule is COC(=O)N[C@@H](Cc1ccccc1)C(=O)CCCCCN1C(=O)C(c2ccccc2)(c2ccccc2)N=C1N. The van der Waals surface area contributed by atoms with Gasteiger partial charge in [0.25, 0.3) is 5.91 Å². The smallest absolute Gasteiger partial charge is 0.407 e. The Morgan fingerprint density at radius 2 is 1.46 bits per heavy atom. The van der Waals surface area contributed by atoms with Gasteiger partial charge in [0.1, 0.15) is 0 Å². The molecule has 1 aliphatic heterocycles. The van der Waals surface area contributed by atoms with E-state index in [2.05, 4.69) is 5.32 Å². The molecule has 39 heavy (non-hydrogen) atoms. The van der Waals surface area contributed by atoms with Crippen molar-refractivity contribution in [2.75, 3.05) is 13.7 Å². The fourth-order valence-corrected chi connectivity index (χ4v) is 4.91. The lowest BCUT2D eigenvalue weighted by Crippen LogP contribution is -2.44. The van der Waals surface area contributed by atoms with Crippen LogP contribution in [0.4, 0.5) is 4.79 Å². The summed E-state index contributed by atoms with van der Waals surface area (Å²) in [4.78, 5) is 44.8. The number of benzene rings is 3. The summed E-state index contributed by atoms with van der Waals surface area (Å²) in [6, 6.07) is 27.8. The number of unbranched alkanes of at least 4 members (excludes halogenated alkanes) is 2. The molecule has 3 N–H and O–H groups in total. The molecule has 2 amide bonds. The largest absolute Gasteiger partial charge is 0.453 e. The average molecular weight is 527 g/mol. The molecule has 0 aromatic heterocycles. The number of carbonyl (C=O) groups is 3. The summed E-state index contributed by atoms with van der Waals surface area (Å²) in [7, 11) is 1.28. The van der Waals surface area contributed by atoms with Crippen molar-refractivity contribution in [3.8, 4) is 0 Å². The number of ether oxygens (including phenoxy) is 1. The molecule has 1 heterocycles. The van der Waals surface area contributed by atoms with E-state index in [1.54, 1.807) is 4.90 Å². The summed E-state index contributed by atoms with van der Waals surface area (Å²) in [5.41, 5.74) is 7.57.